The average molecular weight is 375 g/mol. The van der Waals surface area contributed by atoms with E-state index in [0.29, 0.717) is 18.8 Å². The fourth-order valence-corrected chi connectivity index (χ4v) is 4.49. The summed E-state index contributed by atoms with van der Waals surface area (Å²) < 4.78 is 33.5. The summed E-state index contributed by atoms with van der Waals surface area (Å²) >= 11 is 0. The van der Waals surface area contributed by atoms with E-state index < -0.39 is 15.6 Å². The van der Waals surface area contributed by atoms with E-state index in [-0.39, 0.29) is 11.4 Å². The molecule has 1 unspecified atom stereocenters. The second-order valence-electron chi connectivity index (χ2n) is 6.79. The van der Waals surface area contributed by atoms with Gasteiger partial charge in [-0.1, -0.05) is 31.2 Å². The molecule has 0 bridgehead atoms. The molecule has 0 spiro atoms. The summed E-state index contributed by atoms with van der Waals surface area (Å²) in [5.74, 6) is 0.689. The Kier molecular flexibility index (Phi) is 5.37. The Labute approximate surface area is 155 Å². The molecule has 0 aliphatic heterocycles. The van der Waals surface area contributed by atoms with Gasteiger partial charge in [-0.05, 0) is 61.1 Å². The monoisotopic (exact) mass is 375 g/mol. The Morgan fingerprint density at radius 1 is 1.23 bits per heavy atom. The first-order chi connectivity index (χ1) is 12.4. The summed E-state index contributed by atoms with van der Waals surface area (Å²) in [5, 5.41) is 10.9. The van der Waals surface area contributed by atoms with Crippen LogP contribution in [0.2, 0.25) is 0 Å². The van der Waals surface area contributed by atoms with Crippen molar-refractivity contribution in [2.24, 2.45) is 0 Å². The molecule has 5 nitrogen and oxygen atoms in total. The van der Waals surface area contributed by atoms with Crippen LogP contribution in [0.5, 0.6) is 5.75 Å². The normalized spacial score (nSPS) is 19.3. The van der Waals surface area contributed by atoms with Gasteiger partial charge >= 0.3 is 0 Å². The van der Waals surface area contributed by atoms with Crippen molar-refractivity contribution in [3.8, 4) is 5.75 Å². The predicted molar refractivity (Wildman–Crippen MR) is 101 cm³/mol. The maximum absolute atomic E-state index is 12.7. The second kappa shape index (κ2) is 7.39. The van der Waals surface area contributed by atoms with Crippen molar-refractivity contribution in [3.63, 3.8) is 0 Å². The topological polar surface area (TPSA) is 75.6 Å². The smallest absolute Gasteiger partial charge is 0.240 e. The van der Waals surface area contributed by atoms with Gasteiger partial charge in [-0.25, -0.2) is 13.1 Å². The Balaban J connectivity index is 1.75. The number of hydrogen-bond acceptors (Lipinski definition) is 4. The fourth-order valence-electron chi connectivity index (χ4n) is 3.31. The molecule has 2 N–H and O–H groups in total. The SMILES string of the molecule is CCCOc1ccc(S(=O)(=O)NCC2(O)CCc3ccccc32)cc1C. The maximum atomic E-state index is 12.7. The number of hydrogen-bond donors (Lipinski definition) is 2. The molecule has 0 amide bonds. The van der Waals surface area contributed by atoms with Crippen molar-refractivity contribution in [3.05, 3.63) is 59.2 Å². The summed E-state index contributed by atoms with van der Waals surface area (Å²) in [6.45, 7) is 4.39. The van der Waals surface area contributed by atoms with E-state index in [0.717, 1.165) is 29.5 Å². The lowest BCUT2D eigenvalue weighted by Crippen LogP contribution is -2.39. The van der Waals surface area contributed by atoms with Gasteiger partial charge in [0.1, 0.15) is 11.4 Å². The molecule has 0 aromatic heterocycles. The van der Waals surface area contributed by atoms with Gasteiger partial charge < -0.3 is 9.84 Å². The molecule has 1 atom stereocenters. The lowest BCUT2D eigenvalue weighted by Gasteiger charge is -2.24. The van der Waals surface area contributed by atoms with Crippen LogP contribution in [-0.2, 0) is 22.0 Å². The summed E-state index contributed by atoms with van der Waals surface area (Å²) in [6, 6.07) is 12.4. The number of fused-ring (bicyclic) bond motifs is 1. The van der Waals surface area contributed by atoms with Crippen molar-refractivity contribution in [2.75, 3.05) is 13.2 Å². The summed E-state index contributed by atoms with van der Waals surface area (Å²) in [6.07, 6.45) is 2.15. The van der Waals surface area contributed by atoms with Crippen LogP contribution in [0.25, 0.3) is 0 Å². The average Bonchev–Trinajstić information content (AvgIpc) is 2.97. The van der Waals surface area contributed by atoms with Crippen LogP contribution >= 0.6 is 0 Å². The molecule has 140 valence electrons. The minimum absolute atomic E-state index is 0.0422. The molecule has 0 fully saturated rings. The van der Waals surface area contributed by atoms with Crippen LogP contribution in [0.4, 0.5) is 0 Å². The fraction of sp³-hybridized carbons (Fsp3) is 0.400. The first kappa shape index (κ1) is 18.9. The van der Waals surface area contributed by atoms with Crippen molar-refractivity contribution in [1.82, 2.24) is 4.72 Å². The van der Waals surface area contributed by atoms with E-state index in [1.54, 1.807) is 12.1 Å². The summed E-state index contributed by atoms with van der Waals surface area (Å²) in [5.41, 5.74) is 1.49. The molecule has 1 aliphatic carbocycles. The van der Waals surface area contributed by atoms with Gasteiger partial charge in [-0.2, -0.15) is 0 Å². The lowest BCUT2D eigenvalue weighted by atomic mass is 9.96. The number of rotatable bonds is 7. The third-order valence-electron chi connectivity index (χ3n) is 4.80. The van der Waals surface area contributed by atoms with E-state index in [1.165, 1.54) is 6.07 Å². The van der Waals surface area contributed by atoms with Gasteiger partial charge in [0.05, 0.1) is 11.5 Å². The number of aryl methyl sites for hydroxylation is 2. The third-order valence-corrected chi connectivity index (χ3v) is 6.20. The van der Waals surface area contributed by atoms with Crippen LogP contribution in [0.15, 0.2) is 47.4 Å². The molecule has 0 saturated carbocycles. The number of ether oxygens (including phenoxy) is 1. The van der Waals surface area contributed by atoms with Gasteiger partial charge in [0.15, 0.2) is 0 Å². The molecular weight excluding hydrogens is 350 g/mol. The highest BCUT2D eigenvalue weighted by Crippen LogP contribution is 2.36. The van der Waals surface area contributed by atoms with E-state index in [9.17, 15) is 13.5 Å². The van der Waals surface area contributed by atoms with E-state index in [4.69, 9.17) is 4.74 Å². The van der Waals surface area contributed by atoms with Crippen molar-refractivity contribution >= 4 is 10.0 Å². The maximum Gasteiger partial charge on any atom is 0.240 e. The highest BCUT2D eigenvalue weighted by atomic mass is 32.2. The van der Waals surface area contributed by atoms with E-state index >= 15 is 0 Å². The molecule has 6 heteroatoms. The lowest BCUT2D eigenvalue weighted by molar-refractivity contribution is 0.0442. The van der Waals surface area contributed by atoms with Gasteiger partial charge in [-0.3, -0.25) is 0 Å². The molecule has 3 rings (SSSR count). The molecule has 1 aliphatic rings. The Bertz CT molecular complexity index is 894. The minimum atomic E-state index is -3.71. The minimum Gasteiger partial charge on any atom is -0.493 e. The second-order valence-corrected chi connectivity index (χ2v) is 8.56. The third kappa shape index (κ3) is 3.77. The standard InChI is InChI=1S/C20H25NO4S/c1-3-12-25-19-9-8-17(13-15(19)2)26(23,24)21-14-20(22)11-10-16-6-4-5-7-18(16)20/h4-9,13,21-22H,3,10-12,14H2,1-2H3. The zero-order valence-electron chi connectivity index (χ0n) is 15.2. The Hall–Kier alpha value is -1.89. The molecule has 0 saturated heterocycles. The molecule has 2 aromatic carbocycles. The van der Waals surface area contributed by atoms with Crippen LogP contribution in [0, 0.1) is 6.92 Å². The highest BCUT2D eigenvalue weighted by molar-refractivity contribution is 7.89. The van der Waals surface area contributed by atoms with Crippen molar-refractivity contribution in [1.29, 1.82) is 0 Å². The highest BCUT2D eigenvalue weighted by Gasteiger charge is 2.37. The Morgan fingerprint density at radius 2 is 2.00 bits per heavy atom. The number of benzene rings is 2. The number of nitrogens with one attached hydrogen (secondary N) is 1. The van der Waals surface area contributed by atoms with Gasteiger partial charge in [0.25, 0.3) is 0 Å². The van der Waals surface area contributed by atoms with E-state index in [2.05, 4.69) is 4.72 Å². The van der Waals surface area contributed by atoms with Crippen LogP contribution in [0.1, 0.15) is 36.5 Å². The summed E-state index contributed by atoms with van der Waals surface area (Å²) in [7, 11) is -3.71. The first-order valence-electron chi connectivity index (χ1n) is 8.89. The van der Waals surface area contributed by atoms with Gasteiger partial charge in [-0.15, -0.1) is 0 Å². The van der Waals surface area contributed by atoms with E-state index in [1.807, 2.05) is 38.1 Å². The zero-order valence-corrected chi connectivity index (χ0v) is 16.0. The number of sulfonamides is 1. The van der Waals surface area contributed by atoms with Crippen LogP contribution in [0.3, 0.4) is 0 Å². The van der Waals surface area contributed by atoms with Crippen LogP contribution < -0.4 is 9.46 Å². The molecule has 0 radical (unpaired) electrons. The Morgan fingerprint density at radius 3 is 2.73 bits per heavy atom. The quantitative estimate of drug-likeness (QED) is 0.780. The van der Waals surface area contributed by atoms with Crippen molar-refractivity contribution < 1.29 is 18.3 Å². The molecule has 26 heavy (non-hydrogen) atoms. The van der Waals surface area contributed by atoms with Gasteiger partial charge in [0, 0.05) is 6.54 Å². The first-order valence-corrected chi connectivity index (χ1v) is 10.4. The van der Waals surface area contributed by atoms with Crippen LogP contribution in [-0.4, -0.2) is 26.7 Å². The largest absolute Gasteiger partial charge is 0.493 e. The summed E-state index contributed by atoms with van der Waals surface area (Å²) in [4.78, 5) is 0.175. The van der Waals surface area contributed by atoms with Crippen molar-refractivity contribution in [2.45, 2.75) is 43.6 Å². The molecular formula is C20H25NO4S. The predicted octanol–water partition coefficient (Wildman–Crippen LogP) is 2.90. The number of aliphatic hydroxyl groups is 1. The molecule has 2 aromatic rings. The van der Waals surface area contributed by atoms with Gasteiger partial charge in [0.2, 0.25) is 10.0 Å². The zero-order chi connectivity index (χ0) is 18.8. The molecule has 0 heterocycles.